The molecule has 1 aromatic carbocycles. The van der Waals surface area contributed by atoms with E-state index in [1.165, 1.54) is 6.07 Å². The summed E-state index contributed by atoms with van der Waals surface area (Å²) >= 11 is 11.6. The van der Waals surface area contributed by atoms with Gasteiger partial charge in [-0.3, -0.25) is 4.79 Å². The van der Waals surface area contributed by atoms with Crippen molar-refractivity contribution in [2.24, 2.45) is 0 Å². The maximum atomic E-state index is 11.7. The SMILES string of the molecule is CC(C)(C)NC(=O)C(O)c1ccc(Cl)c(Cl)c1. The highest BCUT2D eigenvalue weighted by Crippen LogP contribution is 2.25. The number of halogens is 2. The number of benzene rings is 1. The van der Waals surface area contributed by atoms with Crippen LogP contribution >= 0.6 is 23.2 Å². The normalized spacial score (nSPS) is 13.3. The maximum absolute atomic E-state index is 11.7. The summed E-state index contributed by atoms with van der Waals surface area (Å²) in [6, 6.07) is 4.60. The van der Waals surface area contributed by atoms with Crippen molar-refractivity contribution in [1.29, 1.82) is 0 Å². The summed E-state index contributed by atoms with van der Waals surface area (Å²) in [5.41, 5.74) is 0.0232. The zero-order chi connectivity index (χ0) is 13.2. The molecule has 0 spiro atoms. The number of amides is 1. The monoisotopic (exact) mass is 275 g/mol. The van der Waals surface area contributed by atoms with E-state index in [1.54, 1.807) is 12.1 Å². The van der Waals surface area contributed by atoms with Gasteiger partial charge in [0.15, 0.2) is 6.10 Å². The van der Waals surface area contributed by atoms with Crippen LogP contribution in [0.25, 0.3) is 0 Å². The van der Waals surface area contributed by atoms with Gasteiger partial charge in [-0.1, -0.05) is 29.3 Å². The molecule has 0 aromatic heterocycles. The fraction of sp³-hybridized carbons (Fsp3) is 0.417. The average Bonchev–Trinajstić information content (AvgIpc) is 2.18. The molecular weight excluding hydrogens is 261 g/mol. The number of carbonyl (C=O) groups excluding carboxylic acids is 1. The molecule has 94 valence electrons. The van der Waals surface area contributed by atoms with E-state index >= 15 is 0 Å². The van der Waals surface area contributed by atoms with Gasteiger partial charge in [0.25, 0.3) is 5.91 Å². The van der Waals surface area contributed by atoms with E-state index in [1.807, 2.05) is 20.8 Å². The van der Waals surface area contributed by atoms with Crippen LogP contribution in [0.4, 0.5) is 0 Å². The summed E-state index contributed by atoms with van der Waals surface area (Å²) < 4.78 is 0. The molecule has 0 aliphatic rings. The largest absolute Gasteiger partial charge is 0.378 e. The fourth-order valence-electron chi connectivity index (χ4n) is 1.27. The zero-order valence-electron chi connectivity index (χ0n) is 9.92. The molecule has 0 saturated heterocycles. The Kier molecular flexibility index (Phi) is 4.42. The van der Waals surface area contributed by atoms with E-state index in [4.69, 9.17) is 23.2 Å². The highest BCUT2D eigenvalue weighted by atomic mass is 35.5. The van der Waals surface area contributed by atoms with Crippen molar-refractivity contribution in [3.8, 4) is 0 Å². The molecule has 0 radical (unpaired) electrons. The summed E-state index contributed by atoms with van der Waals surface area (Å²) in [4.78, 5) is 11.7. The van der Waals surface area contributed by atoms with Crippen molar-refractivity contribution in [3.63, 3.8) is 0 Å². The molecule has 2 N–H and O–H groups in total. The standard InChI is InChI=1S/C12H15Cl2NO2/c1-12(2,3)15-11(17)10(16)7-4-5-8(13)9(14)6-7/h4-6,10,16H,1-3H3,(H,15,17). The Morgan fingerprint density at radius 1 is 1.29 bits per heavy atom. The molecule has 0 aliphatic heterocycles. The predicted octanol–water partition coefficient (Wildman–Crippen LogP) is 2.94. The van der Waals surface area contributed by atoms with Gasteiger partial charge in [0.05, 0.1) is 10.0 Å². The van der Waals surface area contributed by atoms with Crippen LogP contribution in [0.15, 0.2) is 18.2 Å². The minimum Gasteiger partial charge on any atom is -0.378 e. The summed E-state index contributed by atoms with van der Waals surface area (Å²) in [5, 5.41) is 13.2. The smallest absolute Gasteiger partial charge is 0.253 e. The van der Waals surface area contributed by atoms with Gasteiger partial charge in [-0.05, 0) is 38.5 Å². The van der Waals surface area contributed by atoms with Crippen LogP contribution in [-0.4, -0.2) is 16.6 Å². The Hall–Kier alpha value is -0.770. The van der Waals surface area contributed by atoms with Gasteiger partial charge in [0.1, 0.15) is 0 Å². The predicted molar refractivity (Wildman–Crippen MR) is 69.3 cm³/mol. The van der Waals surface area contributed by atoms with Crippen LogP contribution in [0, 0.1) is 0 Å². The number of aliphatic hydroxyl groups excluding tert-OH is 1. The third kappa shape index (κ3) is 4.19. The summed E-state index contributed by atoms with van der Waals surface area (Å²) in [5.74, 6) is -0.462. The number of hydrogen-bond donors (Lipinski definition) is 2. The van der Waals surface area contributed by atoms with Gasteiger partial charge < -0.3 is 10.4 Å². The quantitative estimate of drug-likeness (QED) is 0.872. The summed E-state index contributed by atoms with van der Waals surface area (Å²) in [6.45, 7) is 5.52. The Balaban J connectivity index is 2.85. The fourth-order valence-corrected chi connectivity index (χ4v) is 1.58. The second-order valence-electron chi connectivity index (χ2n) is 4.82. The Bertz CT molecular complexity index is 427. The highest BCUT2D eigenvalue weighted by Gasteiger charge is 2.22. The molecule has 1 amide bonds. The number of aliphatic hydroxyl groups is 1. The molecule has 0 heterocycles. The van der Waals surface area contributed by atoms with Gasteiger partial charge in [-0.15, -0.1) is 0 Å². The molecule has 3 nitrogen and oxygen atoms in total. The second-order valence-corrected chi connectivity index (χ2v) is 5.63. The number of carbonyl (C=O) groups is 1. The Morgan fingerprint density at radius 3 is 2.35 bits per heavy atom. The lowest BCUT2D eigenvalue weighted by Gasteiger charge is -2.22. The van der Waals surface area contributed by atoms with E-state index in [2.05, 4.69) is 5.32 Å². The molecule has 1 aromatic rings. The van der Waals surface area contributed by atoms with Crippen LogP contribution in [0.3, 0.4) is 0 Å². The molecule has 17 heavy (non-hydrogen) atoms. The van der Waals surface area contributed by atoms with Crippen molar-refractivity contribution >= 4 is 29.1 Å². The molecular formula is C12H15Cl2NO2. The first-order chi connectivity index (χ1) is 7.70. The van der Waals surface area contributed by atoms with Crippen molar-refractivity contribution in [3.05, 3.63) is 33.8 Å². The van der Waals surface area contributed by atoms with Gasteiger partial charge in [-0.25, -0.2) is 0 Å². The lowest BCUT2D eigenvalue weighted by molar-refractivity contribution is -0.131. The molecule has 1 atom stereocenters. The van der Waals surface area contributed by atoms with E-state index in [0.29, 0.717) is 15.6 Å². The summed E-state index contributed by atoms with van der Waals surface area (Å²) in [7, 11) is 0. The highest BCUT2D eigenvalue weighted by molar-refractivity contribution is 6.42. The second kappa shape index (κ2) is 5.25. The van der Waals surface area contributed by atoms with Gasteiger partial charge in [-0.2, -0.15) is 0 Å². The minimum absolute atomic E-state index is 0.312. The summed E-state index contributed by atoms with van der Waals surface area (Å²) in [6.07, 6.45) is -1.25. The number of rotatable bonds is 2. The van der Waals surface area contributed by atoms with Crippen LogP contribution in [-0.2, 0) is 4.79 Å². The van der Waals surface area contributed by atoms with E-state index in [0.717, 1.165) is 0 Å². The third-order valence-electron chi connectivity index (χ3n) is 2.01. The average molecular weight is 276 g/mol. The minimum atomic E-state index is -1.25. The van der Waals surface area contributed by atoms with Gasteiger partial charge in [0, 0.05) is 5.54 Å². The van der Waals surface area contributed by atoms with Crippen LogP contribution < -0.4 is 5.32 Å². The van der Waals surface area contributed by atoms with Crippen molar-refractivity contribution in [2.75, 3.05) is 0 Å². The molecule has 1 unspecified atom stereocenters. The lowest BCUT2D eigenvalue weighted by Crippen LogP contribution is -2.43. The van der Waals surface area contributed by atoms with Gasteiger partial charge in [0.2, 0.25) is 0 Å². The zero-order valence-corrected chi connectivity index (χ0v) is 11.4. The number of nitrogens with one attached hydrogen (secondary N) is 1. The Morgan fingerprint density at radius 2 is 1.88 bits per heavy atom. The molecule has 1 rings (SSSR count). The maximum Gasteiger partial charge on any atom is 0.253 e. The van der Waals surface area contributed by atoms with E-state index in [-0.39, 0.29) is 0 Å². The Labute approximate surface area is 111 Å². The van der Waals surface area contributed by atoms with Crippen LogP contribution in [0.5, 0.6) is 0 Å². The first-order valence-corrected chi connectivity index (χ1v) is 5.91. The van der Waals surface area contributed by atoms with Crippen LogP contribution in [0.1, 0.15) is 32.4 Å². The third-order valence-corrected chi connectivity index (χ3v) is 2.74. The van der Waals surface area contributed by atoms with Crippen molar-refractivity contribution in [2.45, 2.75) is 32.4 Å². The van der Waals surface area contributed by atoms with Gasteiger partial charge >= 0.3 is 0 Å². The first-order valence-electron chi connectivity index (χ1n) is 5.16. The van der Waals surface area contributed by atoms with Crippen molar-refractivity contribution < 1.29 is 9.90 Å². The number of hydrogen-bond acceptors (Lipinski definition) is 2. The molecule has 0 bridgehead atoms. The first kappa shape index (κ1) is 14.3. The topological polar surface area (TPSA) is 49.3 Å². The molecule has 0 fully saturated rings. The molecule has 5 heteroatoms. The van der Waals surface area contributed by atoms with E-state index in [9.17, 15) is 9.90 Å². The van der Waals surface area contributed by atoms with Crippen molar-refractivity contribution in [1.82, 2.24) is 5.32 Å². The van der Waals surface area contributed by atoms with Crippen LogP contribution in [0.2, 0.25) is 10.0 Å². The van der Waals surface area contributed by atoms with E-state index < -0.39 is 17.6 Å². The molecule has 0 saturated carbocycles. The lowest BCUT2D eigenvalue weighted by atomic mass is 10.1. The molecule has 0 aliphatic carbocycles.